The molecule has 0 saturated carbocycles. The van der Waals surface area contributed by atoms with Crippen LogP contribution >= 0.6 is 0 Å². The average Bonchev–Trinajstić information content (AvgIpc) is 2.60. The van der Waals surface area contributed by atoms with Gasteiger partial charge in [-0.05, 0) is 19.4 Å². The van der Waals surface area contributed by atoms with Crippen molar-refractivity contribution < 1.29 is 0 Å². The van der Waals surface area contributed by atoms with Gasteiger partial charge in [-0.25, -0.2) is 4.98 Å². The fourth-order valence-electron chi connectivity index (χ4n) is 1.47. The smallest absolute Gasteiger partial charge is 0.137 e. The van der Waals surface area contributed by atoms with Crippen LogP contribution in [0.15, 0.2) is 12.7 Å². The fraction of sp³-hybridized carbons (Fsp3) is 0.714. The summed E-state index contributed by atoms with van der Waals surface area (Å²) >= 11 is 0. The van der Waals surface area contributed by atoms with Crippen LogP contribution in [0.5, 0.6) is 0 Å². The first-order valence-corrected chi connectivity index (χ1v) is 4.01. The maximum Gasteiger partial charge on any atom is 0.137 e. The molecule has 2 heterocycles. The molecule has 1 fully saturated rings. The van der Waals surface area contributed by atoms with Gasteiger partial charge in [0.15, 0.2) is 0 Å². The van der Waals surface area contributed by atoms with Crippen LogP contribution in [-0.2, 0) is 6.54 Å². The van der Waals surface area contributed by atoms with Crippen LogP contribution in [-0.4, -0.2) is 27.4 Å². The number of nitrogens with zero attached hydrogens (tertiary/aromatic N) is 3. The standard InChI is InChI=1S/C7H12N4/c1-2-7(9-3-1)4-11-6-8-5-10-11/h5-7,9H,1-4H2/t7-/m1/s1. The Morgan fingerprint density at radius 3 is 3.27 bits per heavy atom. The number of hydrogen-bond donors (Lipinski definition) is 1. The van der Waals surface area contributed by atoms with Crippen LogP contribution in [0.2, 0.25) is 0 Å². The molecule has 4 heteroatoms. The summed E-state index contributed by atoms with van der Waals surface area (Å²) in [6.45, 7) is 2.11. The molecule has 0 spiro atoms. The van der Waals surface area contributed by atoms with Crippen molar-refractivity contribution in [1.82, 2.24) is 20.1 Å². The van der Waals surface area contributed by atoms with Gasteiger partial charge >= 0.3 is 0 Å². The fourth-order valence-corrected chi connectivity index (χ4v) is 1.47. The van der Waals surface area contributed by atoms with Gasteiger partial charge in [-0.3, -0.25) is 4.68 Å². The monoisotopic (exact) mass is 152 g/mol. The van der Waals surface area contributed by atoms with Crippen molar-refractivity contribution in [1.29, 1.82) is 0 Å². The number of hydrogen-bond acceptors (Lipinski definition) is 3. The molecule has 0 aromatic carbocycles. The van der Waals surface area contributed by atoms with E-state index in [1.54, 1.807) is 12.7 Å². The van der Waals surface area contributed by atoms with Gasteiger partial charge in [0, 0.05) is 6.04 Å². The average molecular weight is 152 g/mol. The zero-order chi connectivity index (χ0) is 7.52. The van der Waals surface area contributed by atoms with Crippen LogP contribution in [0.25, 0.3) is 0 Å². The van der Waals surface area contributed by atoms with E-state index in [1.165, 1.54) is 12.8 Å². The third kappa shape index (κ3) is 1.57. The Morgan fingerprint density at radius 1 is 1.64 bits per heavy atom. The predicted octanol–water partition coefficient (Wildman–Crippen LogP) is 0.0301. The van der Waals surface area contributed by atoms with Crippen molar-refractivity contribution in [3.63, 3.8) is 0 Å². The van der Waals surface area contributed by atoms with Crippen LogP contribution in [0.3, 0.4) is 0 Å². The number of rotatable bonds is 2. The second-order valence-electron chi connectivity index (χ2n) is 2.91. The first-order valence-electron chi connectivity index (χ1n) is 4.01. The summed E-state index contributed by atoms with van der Waals surface area (Å²) in [5, 5.41) is 7.45. The lowest BCUT2D eigenvalue weighted by molar-refractivity contribution is 0.475. The van der Waals surface area contributed by atoms with E-state index in [4.69, 9.17) is 0 Å². The summed E-state index contributed by atoms with van der Waals surface area (Å²) in [6.07, 6.45) is 5.90. The molecule has 60 valence electrons. The summed E-state index contributed by atoms with van der Waals surface area (Å²) in [4.78, 5) is 3.89. The van der Waals surface area contributed by atoms with Gasteiger partial charge in [0.05, 0.1) is 6.54 Å². The van der Waals surface area contributed by atoms with Crippen molar-refractivity contribution >= 4 is 0 Å². The second kappa shape index (κ2) is 3.00. The summed E-state index contributed by atoms with van der Waals surface area (Å²) in [6, 6.07) is 0.608. The highest BCUT2D eigenvalue weighted by atomic mass is 15.3. The largest absolute Gasteiger partial charge is 0.312 e. The summed E-state index contributed by atoms with van der Waals surface area (Å²) in [7, 11) is 0. The topological polar surface area (TPSA) is 42.7 Å². The van der Waals surface area contributed by atoms with Crippen molar-refractivity contribution in [2.45, 2.75) is 25.4 Å². The normalized spacial score (nSPS) is 24.2. The van der Waals surface area contributed by atoms with E-state index in [0.717, 1.165) is 13.1 Å². The first-order chi connectivity index (χ1) is 5.45. The molecule has 1 aliphatic rings. The van der Waals surface area contributed by atoms with Gasteiger partial charge in [-0.15, -0.1) is 0 Å². The Balaban J connectivity index is 1.90. The van der Waals surface area contributed by atoms with Gasteiger partial charge in [0.25, 0.3) is 0 Å². The summed E-state index contributed by atoms with van der Waals surface area (Å²) in [5.41, 5.74) is 0. The molecule has 4 nitrogen and oxygen atoms in total. The molecule has 0 unspecified atom stereocenters. The summed E-state index contributed by atoms with van der Waals surface area (Å²) < 4.78 is 1.88. The molecule has 0 amide bonds. The molecule has 1 N–H and O–H groups in total. The van der Waals surface area contributed by atoms with Crippen LogP contribution in [0.1, 0.15) is 12.8 Å². The zero-order valence-electron chi connectivity index (χ0n) is 6.40. The van der Waals surface area contributed by atoms with Crippen LogP contribution in [0, 0.1) is 0 Å². The summed E-state index contributed by atoms with van der Waals surface area (Å²) in [5.74, 6) is 0. The highest BCUT2D eigenvalue weighted by Gasteiger charge is 2.13. The van der Waals surface area contributed by atoms with Gasteiger partial charge in [0.1, 0.15) is 12.7 Å². The van der Waals surface area contributed by atoms with E-state index in [2.05, 4.69) is 15.4 Å². The molecule has 1 aromatic heterocycles. The van der Waals surface area contributed by atoms with E-state index in [9.17, 15) is 0 Å². The molecular formula is C7H12N4. The van der Waals surface area contributed by atoms with E-state index in [1.807, 2.05) is 4.68 Å². The minimum absolute atomic E-state index is 0.608. The minimum Gasteiger partial charge on any atom is -0.312 e. The highest BCUT2D eigenvalue weighted by Crippen LogP contribution is 2.05. The SMILES string of the molecule is c1ncn(C[C@H]2CCCN2)n1. The molecule has 1 atom stereocenters. The maximum absolute atomic E-state index is 4.05. The molecule has 11 heavy (non-hydrogen) atoms. The lowest BCUT2D eigenvalue weighted by Crippen LogP contribution is -2.26. The minimum atomic E-state index is 0.608. The molecule has 1 aromatic rings. The maximum atomic E-state index is 4.05. The molecule has 0 radical (unpaired) electrons. The van der Waals surface area contributed by atoms with Gasteiger partial charge in [-0.1, -0.05) is 0 Å². The van der Waals surface area contributed by atoms with Crippen molar-refractivity contribution in [2.24, 2.45) is 0 Å². The lowest BCUT2D eigenvalue weighted by Gasteiger charge is -2.08. The Kier molecular flexibility index (Phi) is 1.85. The Morgan fingerprint density at radius 2 is 2.64 bits per heavy atom. The van der Waals surface area contributed by atoms with Gasteiger partial charge in [0.2, 0.25) is 0 Å². The first kappa shape index (κ1) is 6.79. The molecule has 1 aliphatic heterocycles. The van der Waals surface area contributed by atoms with Crippen molar-refractivity contribution in [3.8, 4) is 0 Å². The van der Waals surface area contributed by atoms with Crippen LogP contribution < -0.4 is 5.32 Å². The van der Waals surface area contributed by atoms with E-state index < -0.39 is 0 Å². The van der Waals surface area contributed by atoms with E-state index in [-0.39, 0.29) is 0 Å². The highest BCUT2D eigenvalue weighted by molar-refractivity contribution is 4.74. The van der Waals surface area contributed by atoms with E-state index >= 15 is 0 Å². The molecule has 0 aliphatic carbocycles. The quantitative estimate of drug-likeness (QED) is 0.650. The molecular weight excluding hydrogens is 140 g/mol. The second-order valence-corrected chi connectivity index (χ2v) is 2.91. The predicted molar refractivity (Wildman–Crippen MR) is 41.0 cm³/mol. The Bertz CT molecular complexity index is 200. The molecule has 1 saturated heterocycles. The van der Waals surface area contributed by atoms with Gasteiger partial charge < -0.3 is 5.32 Å². The third-order valence-corrected chi connectivity index (χ3v) is 2.04. The number of nitrogens with one attached hydrogen (secondary N) is 1. The zero-order valence-corrected chi connectivity index (χ0v) is 6.40. The molecule has 0 bridgehead atoms. The van der Waals surface area contributed by atoms with Crippen LogP contribution in [0.4, 0.5) is 0 Å². The third-order valence-electron chi connectivity index (χ3n) is 2.04. The lowest BCUT2D eigenvalue weighted by atomic mass is 10.2. The Hall–Kier alpha value is -0.900. The van der Waals surface area contributed by atoms with Crippen molar-refractivity contribution in [2.75, 3.05) is 6.54 Å². The number of aromatic nitrogens is 3. The van der Waals surface area contributed by atoms with Gasteiger partial charge in [-0.2, -0.15) is 5.10 Å². The Labute approximate surface area is 65.6 Å². The van der Waals surface area contributed by atoms with E-state index in [0.29, 0.717) is 6.04 Å². The van der Waals surface area contributed by atoms with Crippen molar-refractivity contribution in [3.05, 3.63) is 12.7 Å². The molecule has 2 rings (SSSR count).